The van der Waals surface area contributed by atoms with Crippen LogP contribution in [0.15, 0.2) is 36.9 Å². The van der Waals surface area contributed by atoms with Crippen LogP contribution in [0.25, 0.3) is 10.9 Å². The molecule has 5 rings (SSSR count). The number of nitrogens with zero attached hydrogens (tertiary/aromatic N) is 1. The average molecular weight is 590 g/mol. The molecule has 4 amide bonds. The third-order valence-electron chi connectivity index (χ3n) is 9.74. The first-order chi connectivity index (χ1) is 20.3. The van der Waals surface area contributed by atoms with Crippen molar-refractivity contribution in [2.75, 3.05) is 13.1 Å². The van der Waals surface area contributed by atoms with Gasteiger partial charge in [0.25, 0.3) is 5.91 Å². The van der Waals surface area contributed by atoms with Gasteiger partial charge in [-0.1, -0.05) is 46.4 Å². The summed E-state index contributed by atoms with van der Waals surface area (Å²) in [4.78, 5) is 71.2. The van der Waals surface area contributed by atoms with Crippen LogP contribution in [0.1, 0.15) is 63.0 Å². The molecule has 43 heavy (non-hydrogen) atoms. The number of carbonyl (C=O) groups is 5. The lowest BCUT2D eigenvalue weighted by molar-refractivity contribution is -0.142. The zero-order valence-electron chi connectivity index (χ0n) is 25.7. The van der Waals surface area contributed by atoms with Crippen molar-refractivity contribution in [1.82, 2.24) is 25.8 Å². The van der Waals surface area contributed by atoms with E-state index < -0.39 is 24.0 Å². The molecule has 1 aliphatic carbocycles. The molecule has 6 atom stereocenters. The molecule has 0 bridgehead atoms. The Morgan fingerprint density at radius 2 is 1.91 bits per heavy atom. The highest BCUT2D eigenvalue weighted by Crippen LogP contribution is 2.65. The SMILES string of the molecule is C=CC(=O)[C@H](C[C@@H]1CCNC1=O)NC(=O)[C@@H]1[C@@H]2[C@H](CN1C(=O)[C@H](CC(C)C)NC(=O)c1cc3c(C)cccc3[nH]1)C2(C)C. The van der Waals surface area contributed by atoms with Gasteiger partial charge in [-0.25, -0.2) is 0 Å². The summed E-state index contributed by atoms with van der Waals surface area (Å²) in [6, 6.07) is 5.07. The van der Waals surface area contributed by atoms with Crippen molar-refractivity contribution >= 4 is 40.3 Å². The van der Waals surface area contributed by atoms with E-state index in [4.69, 9.17) is 0 Å². The molecule has 3 fully saturated rings. The Balaban J connectivity index is 1.36. The van der Waals surface area contributed by atoms with Crippen LogP contribution in [0.2, 0.25) is 0 Å². The van der Waals surface area contributed by atoms with E-state index in [2.05, 4.69) is 41.4 Å². The van der Waals surface area contributed by atoms with E-state index in [0.717, 1.165) is 16.5 Å². The highest BCUT2D eigenvalue weighted by atomic mass is 16.2. The lowest BCUT2D eigenvalue weighted by Crippen LogP contribution is -2.57. The molecule has 1 aromatic heterocycles. The van der Waals surface area contributed by atoms with E-state index in [-0.39, 0.29) is 59.0 Å². The molecular weight excluding hydrogens is 546 g/mol. The normalized spacial score (nSPS) is 25.2. The van der Waals surface area contributed by atoms with E-state index in [1.165, 1.54) is 6.08 Å². The van der Waals surface area contributed by atoms with E-state index >= 15 is 0 Å². The van der Waals surface area contributed by atoms with Gasteiger partial charge in [0.1, 0.15) is 17.8 Å². The van der Waals surface area contributed by atoms with E-state index in [1.54, 1.807) is 11.0 Å². The van der Waals surface area contributed by atoms with Gasteiger partial charge in [0.2, 0.25) is 17.7 Å². The number of aryl methyl sites for hydroxylation is 1. The molecule has 2 aromatic rings. The number of likely N-dealkylation sites (tertiary alicyclic amines) is 1. The molecule has 0 radical (unpaired) electrons. The number of aromatic nitrogens is 1. The largest absolute Gasteiger partial charge is 0.356 e. The van der Waals surface area contributed by atoms with E-state index in [1.807, 2.05) is 39.0 Å². The number of benzene rings is 1. The number of amides is 4. The van der Waals surface area contributed by atoms with Crippen LogP contribution in [-0.4, -0.2) is 70.5 Å². The summed E-state index contributed by atoms with van der Waals surface area (Å²) in [5, 5.41) is 9.54. The zero-order valence-corrected chi connectivity index (χ0v) is 25.7. The summed E-state index contributed by atoms with van der Waals surface area (Å²) in [6.45, 7) is 14.6. The molecule has 3 heterocycles. The Hall–Kier alpha value is -3.95. The van der Waals surface area contributed by atoms with Gasteiger partial charge in [-0.2, -0.15) is 0 Å². The average Bonchev–Trinajstić information content (AvgIpc) is 3.47. The molecule has 2 saturated heterocycles. The summed E-state index contributed by atoms with van der Waals surface area (Å²) >= 11 is 0. The third-order valence-corrected chi connectivity index (χ3v) is 9.74. The van der Waals surface area contributed by atoms with Gasteiger partial charge in [-0.05, 0) is 73.1 Å². The van der Waals surface area contributed by atoms with Crippen LogP contribution in [0.3, 0.4) is 0 Å². The van der Waals surface area contributed by atoms with Crippen molar-refractivity contribution in [2.45, 2.75) is 72.0 Å². The van der Waals surface area contributed by atoms with Gasteiger partial charge < -0.3 is 25.8 Å². The number of H-pyrrole nitrogens is 1. The minimum Gasteiger partial charge on any atom is -0.356 e. The number of hydrogen-bond acceptors (Lipinski definition) is 5. The topological polar surface area (TPSA) is 140 Å². The molecule has 10 nitrogen and oxygen atoms in total. The van der Waals surface area contributed by atoms with Gasteiger partial charge in [-0.15, -0.1) is 0 Å². The van der Waals surface area contributed by atoms with Crippen molar-refractivity contribution in [1.29, 1.82) is 0 Å². The minimum absolute atomic E-state index is 0.0715. The van der Waals surface area contributed by atoms with Crippen LogP contribution < -0.4 is 16.0 Å². The molecule has 2 aliphatic heterocycles. The lowest BCUT2D eigenvalue weighted by Gasteiger charge is -2.34. The van der Waals surface area contributed by atoms with Crippen molar-refractivity contribution in [2.24, 2.45) is 29.1 Å². The summed E-state index contributed by atoms with van der Waals surface area (Å²) < 4.78 is 0. The van der Waals surface area contributed by atoms with Gasteiger partial charge in [0, 0.05) is 29.9 Å². The summed E-state index contributed by atoms with van der Waals surface area (Å²) in [5.41, 5.74) is 2.11. The van der Waals surface area contributed by atoms with Crippen molar-refractivity contribution in [3.8, 4) is 0 Å². The predicted octanol–water partition coefficient (Wildman–Crippen LogP) is 2.87. The number of fused-ring (bicyclic) bond motifs is 2. The van der Waals surface area contributed by atoms with Crippen molar-refractivity contribution < 1.29 is 24.0 Å². The van der Waals surface area contributed by atoms with Gasteiger partial charge in [0.05, 0.1) is 6.04 Å². The first kappa shape index (κ1) is 30.5. The second-order valence-corrected chi connectivity index (χ2v) is 13.4. The Morgan fingerprint density at radius 1 is 1.16 bits per heavy atom. The number of aromatic amines is 1. The Bertz CT molecular complexity index is 1480. The van der Waals surface area contributed by atoms with Crippen molar-refractivity contribution in [3.05, 3.63) is 48.2 Å². The van der Waals surface area contributed by atoms with E-state index in [0.29, 0.717) is 31.6 Å². The Labute approximate surface area is 252 Å². The number of nitrogens with one attached hydrogen (secondary N) is 4. The number of hydrogen-bond donors (Lipinski definition) is 4. The second kappa shape index (κ2) is 11.6. The summed E-state index contributed by atoms with van der Waals surface area (Å²) in [7, 11) is 0. The van der Waals surface area contributed by atoms with Crippen LogP contribution in [0.5, 0.6) is 0 Å². The minimum atomic E-state index is -0.909. The fraction of sp³-hybridized carbons (Fsp3) is 0.545. The van der Waals surface area contributed by atoms with Crippen LogP contribution in [0.4, 0.5) is 0 Å². The predicted molar refractivity (Wildman–Crippen MR) is 163 cm³/mol. The Morgan fingerprint density at radius 3 is 2.53 bits per heavy atom. The maximum absolute atomic E-state index is 14.1. The monoisotopic (exact) mass is 589 g/mol. The van der Waals surface area contributed by atoms with Crippen LogP contribution in [-0.2, 0) is 19.2 Å². The quantitative estimate of drug-likeness (QED) is 0.299. The maximum Gasteiger partial charge on any atom is 0.268 e. The molecular formula is C33H43N5O5. The number of ketones is 1. The van der Waals surface area contributed by atoms with Crippen LogP contribution in [0, 0.1) is 36.0 Å². The highest BCUT2D eigenvalue weighted by molar-refractivity contribution is 6.02. The maximum atomic E-state index is 14.1. The van der Waals surface area contributed by atoms with Crippen LogP contribution >= 0.6 is 0 Å². The molecule has 0 unspecified atom stereocenters. The van der Waals surface area contributed by atoms with Gasteiger partial charge in [-0.3, -0.25) is 24.0 Å². The summed E-state index contributed by atoms with van der Waals surface area (Å²) in [6.07, 6.45) is 2.34. The van der Waals surface area contributed by atoms with Gasteiger partial charge >= 0.3 is 0 Å². The molecule has 4 N–H and O–H groups in total. The fourth-order valence-electron chi connectivity index (χ4n) is 7.17. The number of piperidine rings is 1. The summed E-state index contributed by atoms with van der Waals surface area (Å²) in [5.74, 6) is -1.81. The molecule has 10 heteroatoms. The zero-order chi connectivity index (χ0) is 31.2. The highest BCUT2D eigenvalue weighted by Gasteiger charge is 2.69. The molecule has 1 saturated carbocycles. The first-order valence-electron chi connectivity index (χ1n) is 15.3. The van der Waals surface area contributed by atoms with E-state index in [9.17, 15) is 24.0 Å². The number of carbonyl (C=O) groups excluding carboxylic acids is 5. The fourth-order valence-corrected chi connectivity index (χ4v) is 7.17. The smallest absolute Gasteiger partial charge is 0.268 e. The first-order valence-corrected chi connectivity index (χ1v) is 15.3. The molecule has 3 aliphatic rings. The standard InChI is InChI=1S/C33H43N5O5/c1-7-26(39)23(14-19-11-12-34-29(19)40)36-31(42)28-27-21(33(27,5)6)16-38(28)32(43)25(13-17(2)3)37-30(41)24-15-20-18(4)9-8-10-22(20)35-24/h7-10,15,17,19,21,23,25,27-28,35H,1,11-14,16H2,2-6H3,(H,34,40)(H,36,42)(H,37,41)/t19-,21-,23-,25-,27-,28-/m0/s1. The molecule has 0 spiro atoms. The third kappa shape index (κ3) is 5.84. The molecule has 1 aromatic carbocycles. The van der Waals surface area contributed by atoms with Gasteiger partial charge in [0.15, 0.2) is 5.78 Å². The molecule has 230 valence electrons. The lowest BCUT2D eigenvalue weighted by atomic mass is 9.94. The number of rotatable bonds is 11. The second-order valence-electron chi connectivity index (χ2n) is 13.4. The van der Waals surface area contributed by atoms with Crippen molar-refractivity contribution in [3.63, 3.8) is 0 Å². The Kier molecular flexibility index (Phi) is 8.24.